The van der Waals surface area contributed by atoms with Gasteiger partial charge >= 0.3 is 102 Å². The van der Waals surface area contributed by atoms with Gasteiger partial charge in [-0.15, -0.1) is 0 Å². The van der Waals surface area contributed by atoms with E-state index in [4.69, 9.17) is 4.74 Å². The van der Waals surface area contributed by atoms with Crippen molar-refractivity contribution < 1.29 is 4.74 Å². The summed E-state index contributed by atoms with van der Waals surface area (Å²) in [6, 6.07) is 8.31. The van der Waals surface area contributed by atoms with E-state index in [9.17, 15) is 0 Å². The predicted octanol–water partition coefficient (Wildman–Crippen LogP) is 2.44. The molecule has 0 atom stereocenters. The second-order valence-corrected chi connectivity index (χ2v) is 5.25. The van der Waals surface area contributed by atoms with Gasteiger partial charge in [0.25, 0.3) is 0 Å². The van der Waals surface area contributed by atoms with E-state index in [-0.39, 0.29) is 0 Å². The van der Waals surface area contributed by atoms with Crippen LogP contribution < -0.4 is 8.01 Å². The Labute approximate surface area is 102 Å². The molecule has 76 valence electrons. The minimum absolute atomic E-state index is 0.870. The van der Waals surface area contributed by atoms with Crippen LogP contribution in [0.1, 0.15) is 32.6 Å². The first-order valence-corrected chi connectivity index (χ1v) is 6.99. The molecular weight excluding hydrogens is 369 g/mol. The van der Waals surface area contributed by atoms with E-state index in [0.29, 0.717) is 0 Å². The number of rotatable bonds is 6. The molecule has 2 radical (unpaired) electrons. The molecule has 1 aromatic carbocycles. The summed E-state index contributed by atoms with van der Waals surface area (Å²) >= 11 is 1.27. The average Bonchev–Trinajstić information content (AvgIpc) is 2.20. The predicted molar refractivity (Wildman–Crippen MR) is 61.5 cm³/mol. The van der Waals surface area contributed by atoms with E-state index in [1.165, 1.54) is 53.7 Å². The normalized spacial score (nSPS) is 10.1. The Kier molecular flexibility index (Phi) is 6.18. The Morgan fingerprint density at radius 1 is 1.14 bits per heavy atom. The molecule has 0 saturated carbocycles. The SMILES string of the molecule is CCCCCCOc1cccc[c]1[Bi]. The molecular formula is C12H17BiO. The number of benzene rings is 1. The molecule has 0 aliphatic heterocycles. The molecule has 1 nitrogen and oxygen atoms in total. The number of hydrogen-bond acceptors (Lipinski definition) is 1. The van der Waals surface area contributed by atoms with E-state index in [1.807, 2.05) is 6.07 Å². The second kappa shape index (κ2) is 7.23. The fourth-order valence-corrected chi connectivity index (χ4v) is 2.17. The van der Waals surface area contributed by atoms with Gasteiger partial charge in [0.1, 0.15) is 0 Å². The number of ether oxygens (including phenoxy) is 1. The van der Waals surface area contributed by atoms with Crippen LogP contribution in [-0.2, 0) is 0 Å². The Bertz CT molecular complexity index is 260. The Hall–Kier alpha value is -0.0969. The van der Waals surface area contributed by atoms with Crippen molar-refractivity contribution in [3.8, 4) is 5.75 Å². The summed E-state index contributed by atoms with van der Waals surface area (Å²) in [5.74, 6) is 1.08. The zero-order valence-electron chi connectivity index (χ0n) is 8.70. The van der Waals surface area contributed by atoms with Crippen molar-refractivity contribution in [2.75, 3.05) is 6.61 Å². The summed E-state index contributed by atoms with van der Waals surface area (Å²) < 4.78 is 7.05. The van der Waals surface area contributed by atoms with E-state index in [0.717, 1.165) is 12.4 Å². The van der Waals surface area contributed by atoms with Crippen LogP contribution in [0.15, 0.2) is 24.3 Å². The quantitative estimate of drug-likeness (QED) is 0.539. The molecule has 0 spiro atoms. The van der Waals surface area contributed by atoms with Crippen molar-refractivity contribution in [2.24, 2.45) is 0 Å². The van der Waals surface area contributed by atoms with Gasteiger partial charge in [-0.25, -0.2) is 0 Å². The van der Waals surface area contributed by atoms with Crippen LogP contribution in [0.25, 0.3) is 0 Å². The van der Waals surface area contributed by atoms with Gasteiger partial charge in [0.05, 0.1) is 0 Å². The fraction of sp³-hybridized carbons (Fsp3) is 0.500. The number of hydrogen-bond donors (Lipinski definition) is 0. The van der Waals surface area contributed by atoms with Gasteiger partial charge in [-0.2, -0.15) is 0 Å². The summed E-state index contributed by atoms with van der Waals surface area (Å²) in [4.78, 5) is 0. The maximum atomic E-state index is 5.71. The molecule has 0 aliphatic carbocycles. The molecule has 1 rings (SSSR count). The summed E-state index contributed by atoms with van der Waals surface area (Å²) in [6.45, 7) is 3.10. The zero-order valence-corrected chi connectivity index (χ0v) is 12.2. The third kappa shape index (κ3) is 4.41. The van der Waals surface area contributed by atoms with Gasteiger partial charge in [-0.3, -0.25) is 0 Å². The maximum absolute atomic E-state index is 5.71. The summed E-state index contributed by atoms with van der Waals surface area (Å²) in [6.07, 6.45) is 5.08. The second-order valence-electron chi connectivity index (χ2n) is 3.38. The molecule has 2 heteroatoms. The van der Waals surface area contributed by atoms with Gasteiger partial charge in [0.15, 0.2) is 0 Å². The molecule has 1 aromatic rings. The van der Waals surface area contributed by atoms with Gasteiger partial charge < -0.3 is 0 Å². The summed E-state index contributed by atoms with van der Waals surface area (Å²) in [7, 11) is 0. The summed E-state index contributed by atoms with van der Waals surface area (Å²) in [5, 5.41) is 0. The molecule has 0 aliphatic rings. The number of unbranched alkanes of at least 4 members (excludes halogenated alkanes) is 3. The molecule has 0 saturated heterocycles. The van der Waals surface area contributed by atoms with Crippen molar-refractivity contribution in [1.29, 1.82) is 0 Å². The fourth-order valence-electron chi connectivity index (χ4n) is 1.29. The molecule has 0 N–H and O–H groups in total. The van der Waals surface area contributed by atoms with Crippen LogP contribution >= 0.6 is 0 Å². The molecule has 0 unspecified atom stereocenters. The van der Waals surface area contributed by atoms with Crippen LogP contribution in [0, 0.1) is 0 Å². The van der Waals surface area contributed by atoms with Crippen LogP contribution in [0.2, 0.25) is 0 Å². The minimum atomic E-state index is 0.870. The van der Waals surface area contributed by atoms with Gasteiger partial charge in [-0.05, 0) is 0 Å². The Morgan fingerprint density at radius 3 is 2.64 bits per heavy atom. The Morgan fingerprint density at radius 2 is 1.93 bits per heavy atom. The molecule has 0 aromatic heterocycles. The van der Waals surface area contributed by atoms with Crippen molar-refractivity contribution in [1.82, 2.24) is 0 Å². The topological polar surface area (TPSA) is 9.23 Å². The van der Waals surface area contributed by atoms with Crippen LogP contribution in [0.4, 0.5) is 0 Å². The van der Waals surface area contributed by atoms with Crippen LogP contribution in [-0.4, -0.2) is 31.3 Å². The molecule has 0 amide bonds. The first kappa shape index (κ1) is 12.0. The third-order valence-electron chi connectivity index (χ3n) is 2.12. The van der Waals surface area contributed by atoms with E-state index >= 15 is 0 Å². The van der Waals surface area contributed by atoms with E-state index in [2.05, 4.69) is 25.1 Å². The van der Waals surface area contributed by atoms with Crippen molar-refractivity contribution in [3.63, 3.8) is 0 Å². The monoisotopic (exact) mass is 386 g/mol. The average molecular weight is 386 g/mol. The molecule has 14 heavy (non-hydrogen) atoms. The van der Waals surface area contributed by atoms with Crippen molar-refractivity contribution in [3.05, 3.63) is 24.3 Å². The van der Waals surface area contributed by atoms with Crippen LogP contribution in [0.5, 0.6) is 5.75 Å². The third-order valence-corrected chi connectivity index (χ3v) is 3.56. The van der Waals surface area contributed by atoms with Crippen molar-refractivity contribution in [2.45, 2.75) is 32.6 Å². The first-order valence-electron chi connectivity index (χ1n) is 5.25. The van der Waals surface area contributed by atoms with Gasteiger partial charge in [-0.1, -0.05) is 0 Å². The molecule has 0 fully saturated rings. The number of para-hydroxylation sites is 1. The van der Waals surface area contributed by atoms with E-state index in [1.54, 1.807) is 0 Å². The van der Waals surface area contributed by atoms with Crippen molar-refractivity contribution >= 4 is 28.0 Å². The summed E-state index contributed by atoms with van der Waals surface area (Å²) in [5.41, 5.74) is 0. The van der Waals surface area contributed by atoms with Crippen LogP contribution in [0.3, 0.4) is 0 Å². The zero-order chi connectivity index (χ0) is 10.2. The molecule has 0 bridgehead atoms. The molecule has 0 heterocycles. The first-order chi connectivity index (χ1) is 6.84. The van der Waals surface area contributed by atoms with Gasteiger partial charge in [0, 0.05) is 0 Å². The van der Waals surface area contributed by atoms with E-state index < -0.39 is 0 Å². The van der Waals surface area contributed by atoms with Gasteiger partial charge in [0.2, 0.25) is 0 Å². The standard InChI is InChI=1S/C12H17O.Bi/c1-2-3-4-8-11-13-12-9-6-5-7-10-12;/h5-7,9H,2-4,8,11H2,1H3;. The Balaban J connectivity index is 2.21.